The van der Waals surface area contributed by atoms with E-state index < -0.39 is 5.54 Å². The van der Waals surface area contributed by atoms with Gasteiger partial charge in [0.05, 0.1) is 30.0 Å². The number of fused-ring (bicyclic) bond motifs is 3. The molecular formula is C31H31Cl2N3O4. The summed E-state index contributed by atoms with van der Waals surface area (Å²) in [6.07, 6.45) is 2.59. The van der Waals surface area contributed by atoms with Gasteiger partial charge >= 0.3 is 6.03 Å². The number of hydrogen-bond acceptors (Lipinski definition) is 5. The van der Waals surface area contributed by atoms with E-state index in [4.69, 9.17) is 32.7 Å². The van der Waals surface area contributed by atoms with Crippen molar-refractivity contribution in [1.29, 1.82) is 0 Å². The molecule has 3 aliphatic rings. The Morgan fingerprint density at radius 1 is 0.925 bits per heavy atom. The number of benzene rings is 3. The summed E-state index contributed by atoms with van der Waals surface area (Å²) in [5.74, 6) is 1.15. The van der Waals surface area contributed by atoms with Crippen LogP contribution in [0.3, 0.4) is 0 Å². The fourth-order valence-corrected chi connectivity index (χ4v) is 6.83. The van der Waals surface area contributed by atoms with Gasteiger partial charge in [0.25, 0.3) is 5.91 Å². The van der Waals surface area contributed by atoms with Crippen molar-refractivity contribution in [1.82, 2.24) is 9.80 Å². The Bertz CT molecular complexity index is 1470. The lowest BCUT2D eigenvalue weighted by Gasteiger charge is -2.49. The Morgan fingerprint density at radius 3 is 2.40 bits per heavy atom. The first-order valence-corrected chi connectivity index (χ1v) is 14.3. The molecule has 0 unspecified atom stereocenters. The molecule has 0 saturated carbocycles. The highest BCUT2D eigenvalue weighted by molar-refractivity contribution is 6.42. The van der Waals surface area contributed by atoms with Crippen molar-refractivity contribution in [2.24, 2.45) is 0 Å². The zero-order valence-electron chi connectivity index (χ0n) is 22.5. The number of rotatable bonds is 6. The Hall–Kier alpha value is -3.26. The van der Waals surface area contributed by atoms with Gasteiger partial charge in [-0.15, -0.1) is 0 Å². The van der Waals surface area contributed by atoms with Crippen LogP contribution in [0.4, 0.5) is 10.5 Å². The first-order valence-electron chi connectivity index (χ1n) is 13.5. The maximum absolute atomic E-state index is 14.4. The Morgan fingerprint density at radius 2 is 1.68 bits per heavy atom. The number of piperidine rings is 1. The van der Waals surface area contributed by atoms with Crippen LogP contribution in [-0.4, -0.2) is 61.1 Å². The highest BCUT2D eigenvalue weighted by Crippen LogP contribution is 2.49. The molecule has 2 fully saturated rings. The molecule has 208 valence electrons. The molecular weight excluding hydrogens is 549 g/mol. The highest BCUT2D eigenvalue weighted by Gasteiger charge is 2.60. The molecule has 0 aliphatic carbocycles. The van der Waals surface area contributed by atoms with Crippen molar-refractivity contribution in [3.63, 3.8) is 0 Å². The molecule has 0 aromatic heterocycles. The van der Waals surface area contributed by atoms with E-state index in [1.54, 1.807) is 37.3 Å². The number of hydrogen-bond donors (Lipinski definition) is 0. The lowest BCUT2D eigenvalue weighted by atomic mass is 9.76. The third-order valence-corrected chi connectivity index (χ3v) is 9.36. The number of carbonyl (C=O) groups is 2. The lowest BCUT2D eigenvalue weighted by molar-refractivity contribution is -0.129. The smallest absolute Gasteiger partial charge is 0.332 e. The van der Waals surface area contributed by atoms with Crippen molar-refractivity contribution in [3.8, 4) is 11.5 Å². The van der Waals surface area contributed by atoms with E-state index in [2.05, 4.69) is 4.90 Å². The average molecular weight is 581 g/mol. The van der Waals surface area contributed by atoms with E-state index in [9.17, 15) is 9.59 Å². The number of urea groups is 1. The second kappa shape index (κ2) is 10.6. The number of carbonyl (C=O) groups excluding carboxylic acids is 2. The fraction of sp³-hybridized carbons (Fsp3) is 0.355. The number of amides is 3. The molecule has 7 nitrogen and oxygen atoms in total. The minimum Gasteiger partial charge on any atom is -0.493 e. The second-order valence-corrected chi connectivity index (χ2v) is 11.4. The van der Waals surface area contributed by atoms with Crippen LogP contribution in [0.5, 0.6) is 11.5 Å². The molecule has 9 heteroatoms. The Balaban J connectivity index is 1.41. The van der Waals surface area contributed by atoms with E-state index in [0.717, 1.165) is 24.1 Å². The van der Waals surface area contributed by atoms with Crippen molar-refractivity contribution < 1.29 is 19.1 Å². The zero-order chi connectivity index (χ0) is 28.0. The van der Waals surface area contributed by atoms with Crippen molar-refractivity contribution in [2.45, 2.75) is 37.3 Å². The maximum Gasteiger partial charge on any atom is 0.332 e. The van der Waals surface area contributed by atoms with Gasteiger partial charge in [-0.3, -0.25) is 9.69 Å². The summed E-state index contributed by atoms with van der Waals surface area (Å²) in [5.41, 5.74) is 2.87. The molecule has 2 atom stereocenters. The van der Waals surface area contributed by atoms with Gasteiger partial charge in [-0.1, -0.05) is 53.5 Å². The van der Waals surface area contributed by atoms with Crippen LogP contribution in [0.1, 0.15) is 35.6 Å². The third-order valence-electron chi connectivity index (χ3n) is 8.63. The van der Waals surface area contributed by atoms with Gasteiger partial charge in [0, 0.05) is 25.7 Å². The lowest BCUT2D eigenvalue weighted by Crippen LogP contribution is -2.58. The number of anilines is 1. The quantitative estimate of drug-likeness (QED) is 0.327. The number of halogens is 2. The number of nitrogens with zero attached hydrogens (tertiary/aromatic N) is 3. The molecule has 3 aromatic rings. The van der Waals surface area contributed by atoms with Crippen LogP contribution in [0.15, 0.2) is 60.7 Å². The topological polar surface area (TPSA) is 62.3 Å². The monoisotopic (exact) mass is 579 g/mol. The first-order chi connectivity index (χ1) is 19.4. The van der Waals surface area contributed by atoms with E-state index >= 15 is 0 Å². The average Bonchev–Trinajstić information content (AvgIpc) is 3.17. The van der Waals surface area contributed by atoms with E-state index in [-0.39, 0.29) is 18.0 Å². The van der Waals surface area contributed by atoms with E-state index in [1.807, 2.05) is 42.5 Å². The van der Waals surface area contributed by atoms with Crippen LogP contribution >= 0.6 is 23.2 Å². The highest BCUT2D eigenvalue weighted by atomic mass is 35.5. The van der Waals surface area contributed by atoms with E-state index in [1.165, 1.54) is 10.5 Å². The van der Waals surface area contributed by atoms with Crippen LogP contribution in [-0.2, 0) is 17.6 Å². The summed E-state index contributed by atoms with van der Waals surface area (Å²) >= 11 is 12.5. The van der Waals surface area contributed by atoms with Crippen LogP contribution in [0, 0.1) is 0 Å². The normalized spacial score (nSPS) is 22.4. The summed E-state index contributed by atoms with van der Waals surface area (Å²) in [5, 5.41) is 0.672. The van der Waals surface area contributed by atoms with Crippen molar-refractivity contribution in [3.05, 3.63) is 87.4 Å². The standard InChI is InChI=1S/C31H31Cl2N3O4/c1-39-27-16-21-11-13-34-15-12-31(19-26(34)23(21)18-28(27)40-2)29(37)36(22-8-9-24(32)25(33)17-22)30(38)35(31)14-10-20-6-4-3-5-7-20/h3-9,16-18,26H,10-15,19H2,1-2H3/t26-,31+/m1/s1. The van der Waals surface area contributed by atoms with Crippen LogP contribution in [0.25, 0.3) is 0 Å². The van der Waals surface area contributed by atoms with Gasteiger partial charge in [-0.05, 0) is 72.7 Å². The number of imide groups is 1. The summed E-state index contributed by atoms with van der Waals surface area (Å²) in [7, 11) is 3.27. The van der Waals surface area contributed by atoms with Crippen molar-refractivity contribution >= 4 is 40.8 Å². The van der Waals surface area contributed by atoms with Gasteiger partial charge in [0.2, 0.25) is 0 Å². The molecule has 3 amide bonds. The zero-order valence-corrected chi connectivity index (χ0v) is 24.0. The summed E-state index contributed by atoms with van der Waals surface area (Å²) in [6, 6.07) is 18.7. The van der Waals surface area contributed by atoms with Gasteiger partial charge in [-0.25, -0.2) is 9.69 Å². The molecule has 2 saturated heterocycles. The molecule has 3 aromatic carbocycles. The fourth-order valence-electron chi connectivity index (χ4n) is 6.54. The molecule has 1 spiro atoms. The summed E-state index contributed by atoms with van der Waals surface area (Å²) in [4.78, 5) is 34.1. The van der Waals surface area contributed by atoms with Crippen molar-refractivity contribution in [2.75, 3.05) is 38.8 Å². The summed E-state index contributed by atoms with van der Waals surface area (Å²) < 4.78 is 11.2. The number of methoxy groups -OCH3 is 2. The Labute approximate surface area is 244 Å². The molecule has 0 N–H and O–H groups in total. The van der Waals surface area contributed by atoms with E-state index in [0.29, 0.717) is 59.6 Å². The molecule has 3 heterocycles. The molecule has 6 rings (SSSR count). The minimum atomic E-state index is -0.985. The SMILES string of the molecule is COc1cc2c(cc1OC)[C@H]1C[C@@]3(CCN1CC2)C(=O)N(c1ccc(Cl)c(Cl)c1)C(=O)N3CCc1ccccc1. The maximum atomic E-state index is 14.4. The van der Waals surface area contributed by atoms with Gasteiger partial charge < -0.3 is 14.4 Å². The summed E-state index contributed by atoms with van der Waals surface area (Å²) in [6.45, 7) is 2.01. The third kappa shape index (κ3) is 4.41. The first kappa shape index (κ1) is 26.9. The Kier molecular flexibility index (Phi) is 7.15. The van der Waals surface area contributed by atoms with Crippen LogP contribution in [0.2, 0.25) is 10.0 Å². The molecule has 0 bridgehead atoms. The van der Waals surface area contributed by atoms with Crippen LogP contribution < -0.4 is 14.4 Å². The number of ether oxygens (including phenoxy) is 2. The molecule has 3 aliphatic heterocycles. The predicted octanol–water partition coefficient (Wildman–Crippen LogP) is 6.15. The largest absolute Gasteiger partial charge is 0.493 e. The van der Waals surface area contributed by atoms with Gasteiger partial charge in [-0.2, -0.15) is 0 Å². The van der Waals surface area contributed by atoms with Gasteiger partial charge in [0.15, 0.2) is 11.5 Å². The van der Waals surface area contributed by atoms with Gasteiger partial charge in [0.1, 0.15) is 5.54 Å². The molecule has 40 heavy (non-hydrogen) atoms. The predicted molar refractivity (Wildman–Crippen MR) is 156 cm³/mol. The molecule has 0 radical (unpaired) electrons. The minimum absolute atomic E-state index is 0.0398. The second-order valence-electron chi connectivity index (χ2n) is 10.6.